The van der Waals surface area contributed by atoms with Crippen molar-refractivity contribution in [1.82, 2.24) is 39.3 Å². The Kier molecular flexibility index (Phi) is 5.14. The summed E-state index contributed by atoms with van der Waals surface area (Å²) in [5.41, 5.74) is 3.08. The van der Waals surface area contributed by atoms with Crippen molar-refractivity contribution in [2.75, 3.05) is 5.32 Å². The second-order valence-corrected chi connectivity index (χ2v) is 8.12. The van der Waals surface area contributed by atoms with Gasteiger partial charge in [-0.1, -0.05) is 12.1 Å². The highest BCUT2D eigenvalue weighted by Gasteiger charge is 2.14. The minimum atomic E-state index is -0.208. The Morgan fingerprint density at radius 2 is 1.92 bits per heavy atom. The lowest BCUT2D eigenvalue weighted by Gasteiger charge is -2.09. The number of benzene rings is 1. The maximum absolute atomic E-state index is 13.1. The first-order chi connectivity index (χ1) is 17.6. The summed E-state index contributed by atoms with van der Waals surface area (Å²) in [7, 11) is 1.68. The van der Waals surface area contributed by atoms with Crippen LogP contribution in [-0.2, 0) is 13.6 Å². The summed E-state index contributed by atoms with van der Waals surface area (Å²) < 4.78 is 8.94. The number of aromatic nitrogens is 8. The van der Waals surface area contributed by atoms with Gasteiger partial charge in [0.2, 0.25) is 17.7 Å². The minimum absolute atomic E-state index is 0.208. The van der Waals surface area contributed by atoms with Gasteiger partial charge in [0.1, 0.15) is 11.5 Å². The minimum Gasteiger partial charge on any atom is -0.419 e. The number of anilines is 2. The van der Waals surface area contributed by atoms with Crippen LogP contribution in [0.5, 0.6) is 11.8 Å². The van der Waals surface area contributed by atoms with Crippen LogP contribution in [0.4, 0.5) is 11.6 Å². The zero-order valence-electron chi connectivity index (χ0n) is 19.5. The van der Waals surface area contributed by atoms with Crippen LogP contribution in [0, 0.1) is 0 Å². The zero-order valence-corrected chi connectivity index (χ0v) is 19.5. The van der Waals surface area contributed by atoms with Gasteiger partial charge in [-0.3, -0.25) is 14.0 Å². The van der Waals surface area contributed by atoms with E-state index in [0.29, 0.717) is 45.8 Å². The number of imidazole rings is 1. The van der Waals surface area contributed by atoms with Crippen LogP contribution in [0.25, 0.3) is 33.5 Å². The van der Waals surface area contributed by atoms with Crippen molar-refractivity contribution in [1.29, 1.82) is 0 Å². The number of hydrogen-bond acceptors (Lipinski definition) is 8. The van der Waals surface area contributed by atoms with Crippen LogP contribution in [0.15, 0.2) is 71.9 Å². The quantitative estimate of drug-likeness (QED) is 0.367. The number of nitrogens with zero attached hydrogens (tertiary/aromatic N) is 7. The van der Waals surface area contributed by atoms with E-state index in [-0.39, 0.29) is 5.56 Å². The van der Waals surface area contributed by atoms with Crippen molar-refractivity contribution in [3.63, 3.8) is 0 Å². The van der Waals surface area contributed by atoms with Gasteiger partial charge >= 0.3 is 0 Å². The summed E-state index contributed by atoms with van der Waals surface area (Å²) in [6.07, 6.45) is 5.13. The van der Waals surface area contributed by atoms with Gasteiger partial charge in [-0.2, -0.15) is 4.98 Å². The molecule has 0 bridgehead atoms. The molecule has 0 amide bonds. The maximum atomic E-state index is 13.1. The lowest BCUT2D eigenvalue weighted by Crippen LogP contribution is -2.20. The number of pyridine rings is 2. The number of hydrogen-bond donors (Lipinski definition) is 2. The molecular weight excluding hydrogens is 458 g/mol. The van der Waals surface area contributed by atoms with E-state index in [1.54, 1.807) is 48.4 Å². The normalized spacial score (nSPS) is 11.3. The fraction of sp³-hybridized carbons (Fsp3) is 0.120. The number of para-hydroxylation sites is 2. The van der Waals surface area contributed by atoms with Gasteiger partial charge in [0, 0.05) is 43.5 Å². The molecule has 0 unspecified atom stereocenters. The van der Waals surface area contributed by atoms with Gasteiger partial charge in [0.25, 0.3) is 5.56 Å². The van der Waals surface area contributed by atoms with Crippen molar-refractivity contribution in [3.8, 4) is 23.1 Å². The second-order valence-electron chi connectivity index (χ2n) is 8.12. The van der Waals surface area contributed by atoms with Gasteiger partial charge in [-0.15, -0.1) is 5.10 Å². The van der Waals surface area contributed by atoms with Crippen molar-refractivity contribution >= 4 is 33.7 Å². The number of ether oxygens (including phenoxy) is 1. The SMILES string of the molecule is CCn1ccc(Oc2ccc(Nc3ncc4cc(-c5nc6ccccc6[nH]5)c(=O)n(C)c4n3)cn2)n1. The maximum Gasteiger partial charge on any atom is 0.262 e. The van der Waals surface area contributed by atoms with Crippen LogP contribution in [0.3, 0.4) is 0 Å². The fourth-order valence-corrected chi connectivity index (χ4v) is 3.88. The molecule has 0 saturated carbocycles. The van der Waals surface area contributed by atoms with E-state index < -0.39 is 0 Å². The van der Waals surface area contributed by atoms with Gasteiger partial charge < -0.3 is 15.0 Å². The Labute approximate surface area is 204 Å². The third kappa shape index (κ3) is 3.92. The summed E-state index contributed by atoms with van der Waals surface area (Å²) in [6, 6.07) is 14.7. The third-order valence-electron chi connectivity index (χ3n) is 5.73. The van der Waals surface area contributed by atoms with E-state index in [1.165, 1.54) is 4.57 Å². The van der Waals surface area contributed by atoms with E-state index in [0.717, 1.165) is 17.6 Å². The lowest BCUT2D eigenvalue weighted by atomic mass is 10.2. The molecule has 0 aliphatic rings. The molecule has 6 rings (SSSR count). The molecule has 0 aliphatic heterocycles. The number of aryl methyl sites for hydroxylation is 2. The first kappa shape index (κ1) is 21.5. The molecule has 5 aromatic heterocycles. The monoisotopic (exact) mass is 479 g/mol. The molecular formula is C25H21N9O2. The van der Waals surface area contributed by atoms with Crippen LogP contribution < -0.4 is 15.6 Å². The smallest absolute Gasteiger partial charge is 0.262 e. The Balaban J connectivity index is 1.26. The van der Waals surface area contributed by atoms with Gasteiger partial charge in [0.05, 0.1) is 28.5 Å². The highest BCUT2D eigenvalue weighted by atomic mass is 16.5. The fourth-order valence-electron chi connectivity index (χ4n) is 3.88. The topological polar surface area (TPSA) is 128 Å². The molecule has 0 spiro atoms. The molecule has 1 aromatic carbocycles. The van der Waals surface area contributed by atoms with E-state index in [2.05, 4.69) is 35.3 Å². The van der Waals surface area contributed by atoms with Crippen molar-refractivity contribution < 1.29 is 4.74 Å². The molecule has 11 nitrogen and oxygen atoms in total. The summed E-state index contributed by atoms with van der Waals surface area (Å²) in [4.78, 5) is 34.2. The molecule has 6 aromatic rings. The van der Waals surface area contributed by atoms with E-state index in [9.17, 15) is 4.79 Å². The Bertz CT molecular complexity index is 1730. The number of fused-ring (bicyclic) bond motifs is 2. The molecule has 0 saturated heterocycles. The summed E-state index contributed by atoms with van der Waals surface area (Å²) in [6.45, 7) is 2.76. The number of H-pyrrole nitrogens is 1. The predicted molar refractivity (Wildman–Crippen MR) is 135 cm³/mol. The molecule has 0 atom stereocenters. The van der Waals surface area contributed by atoms with Crippen LogP contribution in [0.1, 0.15) is 6.92 Å². The molecule has 2 N–H and O–H groups in total. The average Bonchev–Trinajstić information content (AvgIpc) is 3.54. The molecule has 0 aliphatic carbocycles. The highest BCUT2D eigenvalue weighted by Crippen LogP contribution is 2.23. The summed E-state index contributed by atoms with van der Waals surface area (Å²) in [5.74, 6) is 1.74. The number of aromatic amines is 1. The first-order valence-electron chi connectivity index (χ1n) is 11.3. The third-order valence-corrected chi connectivity index (χ3v) is 5.73. The van der Waals surface area contributed by atoms with Crippen LogP contribution >= 0.6 is 0 Å². The summed E-state index contributed by atoms with van der Waals surface area (Å²) in [5, 5.41) is 8.11. The van der Waals surface area contributed by atoms with Crippen LogP contribution in [-0.4, -0.2) is 39.3 Å². The molecule has 11 heteroatoms. The standard InChI is InChI=1S/C25H21N9O2/c1-3-34-11-10-21(32-34)36-20-9-8-16(14-26-20)28-25-27-13-15-12-17(24(35)33(2)23(15)31-25)22-29-18-6-4-5-7-19(18)30-22/h4-14H,3H2,1-2H3,(H,29,30)(H,27,28,31). The zero-order chi connectivity index (χ0) is 24.6. The highest BCUT2D eigenvalue weighted by molar-refractivity contribution is 5.83. The van der Waals surface area contributed by atoms with E-state index >= 15 is 0 Å². The van der Waals surface area contributed by atoms with Gasteiger partial charge in [-0.25, -0.2) is 15.0 Å². The van der Waals surface area contributed by atoms with Crippen molar-refractivity contribution in [2.24, 2.45) is 7.05 Å². The molecule has 5 heterocycles. The summed E-state index contributed by atoms with van der Waals surface area (Å²) >= 11 is 0. The van der Waals surface area contributed by atoms with E-state index in [4.69, 9.17) is 4.74 Å². The van der Waals surface area contributed by atoms with Gasteiger partial charge in [0.15, 0.2) is 0 Å². The number of nitrogens with one attached hydrogen (secondary N) is 2. The van der Waals surface area contributed by atoms with Crippen molar-refractivity contribution in [3.05, 3.63) is 77.5 Å². The Morgan fingerprint density at radius 1 is 1.03 bits per heavy atom. The second kappa shape index (κ2) is 8.62. The Hall–Kier alpha value is -5.06. The largest absolute Gasteiger partial charge is 0.419 e. The first-order valence-corrected chi connectivity index (χ1v) is 11.3. The molecule has 0 radical (unpaired) electrons. The average molecular weight is 480 g/mol. The number of rotatable bonds is 6. The Morgan fingerprint density at radius 3 is 2.69 bits per heavy atom. The van der Waals surface area contributed by atoms with E-state index in [1.807, 2.05) is 37.4 Å². The predicted octanol–water partition coefficient (Wildman–Crippen LogP) is 4.02. The lowest BCUT2D eigenvalue weighted by molar-refractivity contribution is 0.433. The molecule has 36 heavy (non-hydrogen) atoms. The van der Waals surface area contributed by atoms with Crippen molar-refractivity contribution in [2.45, 2.75) is 13.5 Å². The van der Waals surface area contributed by atoms with Crippen LogP contribution in [0.2, 0.25) is 0 Å². The molecule has 0 fully saturated rings. The van der Waals surface area contributed by atoms with Gasteiger partial charge in [-0.05, 0) is 31.2 Å². The molecule has 178 valence electrons.